The lowest BCUT2D eigenvalue weighted by Gasteiger charge is -2.04. The maximum absolute atomic E-state index is 10.7. The summed E-state index contributed by atoms with van der Waals surface area (Å²) in [4.78, 5) is 14.6. The van der Waals surface area contributed by atoms with Gasteiger partial charge in [0.05, 0.1) is 4.92 Å². The van der Waals surface area contributed by atoms with Crippen molar-refractivity contribution < 1.29 is 10.0 Å². The predicted octanol–water partition coefficient (Wildman–Crippen LogP) is 4.39. The molecule has 0 aliphatic heterocycles. The highest BCUT2D eigenvalue weighted by Gasteiger charge is 2.05. The number of aryl methyl sites for hydroxylation is 1. The number of aliphatic imine (C=N–C) groups is 1. The van der Waals surface area contributed by atoms with Crippen LogP contribution in [0.25, 0.3) is 0 Å². The lowest BCUT2D eigenvalue weighted by atomic mass is 10.1. The minimum absolute atomic E-state index is 0.0184. The third-order valence-corrected chi connectivity index (χ3v) is 3.29. The van der Waals surface area contributed by atoms with Gasteiger partial charge >= 0.3 is 0 Å². The van der Waals surface area contributed by atoms with Crippen LogP contribution in [0.3, 0.4) is 0 Å². The number of phenols is 1. The van der Waals surface area contributed by atoms with Gasteiger partial charge in [-0.15, -0.1) is 0 Å². The quantitative estimate of drug-likeness (QED) is 0.488. The van der Waals surface area contributed by atoms with E-state index in [0.29, 0.717) is 11.3 Å². The van der Waals surface area contributed by atoms with Crippen LogP contribution in [0.4, 0.5) is 11.4 Å². The normalized spacial score (nSPS) is 11.0. The lowest BCUT2D eigenvalue weighted by Crippen LogP contribution is -1.89. The van der Waals surface area contributed by atoms with Crippen molar-refractivity contribution in [2.75, 3.05) is 0 Å². The Kier molecular flexibility index (Phi) is 5.25. The minimum atomic E-state index is -0.444. The molecule has 0 amide bonds. The number of nitro groups is 1. The molecule has 114 valence electrons. The van der Waals surface area contributed by atoms with Crippen molar-refractivity contribution >= 4 is 17.6 Å². The zero-order chi connectivity index (χ0) is 15.9. The highest BCUT2D eigenvalue weighted by Crippen LogP contribution is 2.28. The highest BCUT2D eigenvalue weighted by molar-refractivity contribution is 5.83. The summed E-state index contributed by atoms with van der Waals surface area (Å²) >= 11 is 0. The largest absolute Gasteiger partial charge is 0.506 e. The Morgan fingerprint density at radius 2 is 2.09 bits per heavy atom. The lowest BCUT2D eigenvalue weighted by molar-refractivity contribution is -0.384. The first-order valence-electron chi connectivity index (χ1n) is 7.20. The molecule has 1 N–H and O–H groups in total. The number of nitrogens with zero attached hydrogens (tertiary/aromatic N) is 2. The van der Waals surface area contributed by atoms with E-state index in [2.05, 4.69) is 11.9 Å². The van der Waals surface area contributed by atoms with Crippen LogP contribution in [0.15, 0.2) is 47.5 Å². The first-order chi connectivity index (χ1) is 10.6. The van der Waals surface area contributed by atoms with E-state index < -0.39 is 4.92 Å². The maximum atomic E-state index is 10.7. The molecule has 0 saturated heterocycles. The van der Waals surface area contributed by atoms with Crippen molar-refractivity contribution in [3.63, 3.8) is 0 Å². The zero-order valence-corrected chi connectivity index (χ0v) is 12.4. The molecule has 0 radical (unpaired) electrons. The van der Waals surface area contributed by atoms with E-state index in [1.807, 2.05) is 12.1 Å². The van der Waals surface area contributed by atoms with E-state index in [1.165, 1.54) is 18.3 Å². The molecule has 0 aliphatic rings. The Morgan fingerprint density at radius 3 is 2.82 bits per heavy atom. The fraction of sp³-hybridized carbons (Fsp3) is 0.235. The number of hydrogen-bond donors (Lipinski definition) is 1. The van der Waals surface area contributed by atoms with Gasteiger partial charge in [-0.3, -0.25) is 15.1 Å². The topological polar surface area (TPSA) is 75.7 Å². The van der Waals surface area contributed by atoms with Crippen molar-refractivity contribution in [1.29, 1.82) is 0 Å². The molecule has 2 rings (SSSR count). The summed E-state index contributed by atoms with van der Waals surface area (Å²) in [6.45, 7) is 2.13. The molecule has 0 unspecified atom stereocenters. The second kappa shape index (κ2) is 7.36. The van der Waals surface area contributed by atoms with E-state index in [0.717, 1.165) is 24.8 Å². The fourth-order valence-electron chi connectivity index (χ4n) is 2.07. The molecule has 0 aromatic heterocycles. The van der Waals surface area contributed by atoms with Crippen LogP contribution < -0.4 is 0 Å². The molecule has 2 aromatic rings. The smallest absolute Gasteiger partial charge is 0.270 e. The summed E-state index contributed by atoms with van der Waals surface area (Å²) in [7, 11) is 0. The van der Waals surface area contributed by atoms with E-state index >= 15 is 0 Å². The third-order valence-electron chi connectivity index (χ3n) is 3.29. The summed E-state index contributed by atoms with van der Waals surface area (Å²) in [6, 6.07) is 11.6. The Hall–Kier alpha value is -2.69. The number of aromatic hydroxyl groups is 1. The number of hydrogen-bond acceptors (Lipinski definition) is 4. The average Bonchev–Trinajstić information content (AvgIpc) is 2.53. The summed E-state index contributed by atoms with van der Waals surface area (Å²) in [5.41, 5.74) is 2.23. The molecular weight excluding hydrogens is 280 g/mol. The van der Waals surface area contributed by atoms with Crippen LogP contribution in [0.5, 0.6) is 5.75 Å². The molecule has 0 atom stereocenters. The highest BCUT2D eigenvalue weighted by atomic mass is 16.6. The molecule has 2 aromatic carbocycles. The molecule has 0 fully saturated rings. The first-order valence-corrected chi connectivity index (χ1v) is 7.20. The third kappa shape index (κ3) is 4.15. The maximum Gasteiger partial charge on any atom is 0.270 e. The number of rotatable bonds is 6. The van der Waals surface area contributed by atoms with Crippen LogP contribution >= 0.6 is 0 Å². The Morgan fingerprint density at radius 1 is 1.27 bits per heavy atom. The van der Waals surface area contributed by atoms with E-state index in [-0.39, 0.29) is 11.4 Å². The van der Waals surface area contributed by atoms with Gasteiger partial charge < -0.3 is 5.11 Å². The number of benzene rings is 2. The van der Waals surface area contributed by atoms with Gasteiger partial charge in [-0.1, -0.05) is 31.5 Å². The van der Waals surface area contributed by atoms with Crippen molar-refractivity contribution in [3.05, 3.63) is 63.7 Å². The Balaban J connectivity index is 2.22. The van der Waals surface area contributed by atoms with Gasteiger partial charge in [-0.2, -0.15) is 0 Å². The molecule has 0 aliphatic carbocycles. The molecule has 0 heterocycles. The molecule has 0 bridgehead atoms. The van der Waals surface area contributed by atoms with Crippen molar-refractivity contribution in [2.24, 2.45) is 4.99 Å². The Bertz CT molecular complexity index is 696. The number of unbranched alkanes of at least 4 members (excludes halogenated alkanes) is 1. The second-order valence-corrected chi connectivity index (χ2v) is 5.04. The van der Waals surface area contributed by atoms with E-state index in [4.69, 9.17) is 0 Å². The van der Waals surface area contributed by atoms with Gasteiger partial charge in [-0.25, -0.2) is 0 Å². The van der Waals surface area contributed by atoms with Gasteiger partial charge in [0, 0.05) is 18.3 Å². The van der Waals surface area contributed by atoms with Crippen LogP contribution in [-0.2, 0) is 6.42 Å². The molecule has 5 heteroatoms. The fourth-order valence-corrected chi connectivity index (χ4v) is 2.07. The second-order valence-electron chi connectivity index (χ2n) is 5.04. The van der Waals surface area contributed by atoms with Crippen LogP contribution in [-0.4, -0.2) is 16.2 Å². The van der Waals surface area contributed by atoms with Crippen molar-refractivity contribution in [3.8, 4) is 5.75 Å². The van der Waals surface area contributed by atoms with Crippen LogP contribution in [0.1, 0.15) is 30.9 Å². The number of phenolic OH excluding ortho intramolecular Hbond substituents is 1. The minimum Gasteiger partial charge on any atom is -0.506 e. The first kappa shape index (κ1) is 15.7. The molecule has 0 saturated carbocycles. The van der Waals surface area contributed by atoms with Crippen LogP contribution in [0, 0.1) is 10.1 Å². The molecule has 22 heavy (non-hydrogen) atoms. The number of non-ortho nitro benzene ring substituents is 1. The van der Waals surface area contributed by atoms with Gasteiger partial charge in [0.15, 0.2) is 0 Å². The van der Waals surface area contributed by atoms with Gasteiger partial charge in [-0.05, 0) is 36.1 Å². The van der Waals surface area contributed by atoms with E-state index in [1.54, 1.807) is 18.2 Å². The van der Waals surface area contributed by atoms with Crippen molar-refractivity contribution in [1.82, 2.24) is 0 Å². The standard InChI is InChI=1S/C17H18N2O3/c1-2-3-5-13-8-9-17(20)16(11-13)18-12-14-6-4-7-15(10-14)19(21)22/h4,6-12,20H,2-3,5H2,1H3/b18-12+. The molecule has 5 nitrogen and oxygen atoms in total. The van der Waals surface area contributed by atoms with E-state index in [9.17, 15) is 15.2 Å². The monoisotopic (exact) mass is 298 g/mol. The molecule has 0 spiro atoms. The zero-order valence-electron chi connectivity index (χ0n) is 12.4. The SMILES string of the molecule is CCCCc1ccc(O)c(/N=C/c2cccc([N+](=O)[O-])c2)c1. The van der Waals surface area contributed by atoms with Gasteiger partial charge in [0.25, 0.3) is 5.69 Å². The summed E-state index contributed by atoms with van der Waals surface area (Å²) in [5, 5.41) is 20.6. The Labute approximate surface area is 129 Å². The summed E-state index contributed by atoms with van der Waals surface area (Å²) in [6.07, 6.45) is 4.65. The van der Waals surface area contributed by atoms with Gasteiger partial charge in [0.1, 0.15) is 11.4 Å². The van der Waals surface area contributed by atoms with Crippen molar-refractivity contribution in [2.45, 2.75) is 26.2 Å². The van der Waals surface area contributed by atoms with Gasteiger partial charge in [0.2, 0.25) is 0 Å². The van der Waals surface area contributed by atoms with Crippen LogP contribution in [0.2, 0.25) is 0 Å². The molecular formula is C17H18N2O3. The predicted molar refractivity (Wildman–Crippen MR) is 87.1 cm³/mol. The summed E-state index contributed by atoms with van der Waals surface area (Å²) < 4.78 is 0. The number of nitro benzene ring substituents is 1. The average molecular weight is 298 g/mol. The summed E-state index contributed by atoms with van der Waals surface area (Å²) in [5.74, 6) is 0.0990.